The highest BCUT2D eigenvalue weighted by Gasteiger charge is 2.55. The SMILES string of the molecule is COc1cc(F)c(OC2CCC(C(=O)O)CC2)cc1C(=O)N[C@H]1[C@@H](C(=O)Nc2ccc(F)c(C(F)(F)F)c2)[C@H]2CC[C@@H]1/C2=C\C1CC1. The van der Waals surface area contributed by atoms with Crippen LogP contribution < -0.4 is 20.1 Å². The number of benzene rings is 2. The topological polar surface area (TPSA) is 114 Å². The van der Waals surface area contributed by atoms with Gasteiger partial charge in [0.25, 0.3) is 5.91 Å². The number of carbonyl (C=O) groups is 3. The Labute approximate surface area is 267 Å². The van der Waals surface area contributed by atoms with Crippen molar-refractivity contribution in [2.24, 2.45) is 29.6 Å². The van der Waals surface area contributed by atoms with Crippen molar-refractivity contribution >= 4 is 23.5 Å². The number of hydrogen-bond acceptors (Lipinski definition) is 5. The van der Waals surface area contributed by atoms with Crippen molar-refractivity contribution in [3.63, 3.8) is 0 Å². The number of hydrogen-bond donors (Lipinski definition) is 3. The largest absolute Gasteiger partial charge is 0.496 e. The fourth-order valence-electron chi connectivity index (χ4n) is 7.41. The molecule has 2 aromatic carbocycles. The minimum atomic E-state index is -4.96. The van der Waals surface area contributed by atoms with Crippen molar-refractivity contribution in [2.75, 3.05) is 12.4 Å². The first-order valence-electron chi connectivity index (χ1n) is 15.8. The van der Waals surface area contributed by atoms with Crippen molar-refractivity contribution in [1.82, 2.24) is 5.32 Å². The van der Waals surface area contributed by atoms with Gasteiger partial charge in [-0.25, -0.2) is 8.78 Å². The number of carboxylic acid groups (broad SMARTS) is 1. The molecule has 8 nitrogen and oxygen atoms in total. The molecule has 47 heavy (non-hydrogen) atoms. The lowest BCUT2D eigenvalue weighted by Gasteiger charge is -2.30. The van der Waals surface area contributed by atoms with E-state index in [0.717, 1.165) is 30.5 Å². The van der Waals surface area contributed by atoms with Gasteiger partial charge in [0, 0.05) is 23.7 Å². The van der Waals surface area contributed by atoms with Gasteiger partial charge >= 0.3 is 12.1 Å². The molecule has 4 saturated carbocycles. The van der Waals surface area contributed by atoms with Gasteiger partial charge in [0.05, 0.1) is 36.2 Å². The predicted octanol–water partition coefficient (Wildman–Crippen LogP) is 6.74. The molecule has 0 heterocycles. The molecule has 0 aliphatic heterocycles. The smallest absolute Gasteiger partial charge is 0.419 e. The zero-order valence-electron chi connectivity index (χ0n) is 25.5. The van der Waals surface area contributed by atoms with Gasteiger partial charge in [-0.3, -0.25) is 14.4 Å². The Morgan fingerprint density at radius 2 is 1.60 bits per heavy atom. The Kier molecular flexibility index (Phi) is 8.92. The first kappa shape index (κ1) is 32.8. The summed E-state index contributed by atoms with van der Waals surface area (Å²) < 4.78 is 80.2. The molecule has 0 unspecified atom stereocenters. The zero-order chi connectivity index (χ0) is 33.6. The fourth-order valence-corrected chi connectivity index (χ4v) is 7.41. The first-order chi connectivity index (χ1) is 22.3. The maximum absolute atomic E-state index is 15.1. The Hall–Kier alpha value is -4.16. The molecule has 2 aromatic rings. The maximum Gasteiger partial charge on any atom is 0.419 e. The normalized spacial score (nSPS) is 27.8. The Bertz CT molecular complexity index is 1600. The molecule has 4 aliphatic carbocycles. The number of anilines is 1. The van der Waals surface area contributed by atoms with E-state index >= 15 is 4.39 Å². The summed E-state index contributed by atoms with van der Waals surface area (Å²) in [5, 5.41) is 14.7. The van der Waals surface area contributed by atoms with Gasteiger partial charge in [0.2, 0.25) is 5.91 Å². The van der Waals surface area contributed by atoms with Gasteiger partial charge in [-0.05, 0) is 87.5 Å². The summed E-state index contributed by atoms with van der Waals surface area (Å²) in [6.07, 6.45) is 1.70. The van der Waals surface area contributed by atoms with Crippen LogP contribution in [0.2, 0.25) is 0 Å². The quantitative estimate of drug-likeness (QED) is 0.203. The minimum Gasteiger partial charge on any atom is -0.496 e. The average Bonchev–Trinajstić information content (AvgIpc) is 3.70. The molecule has 13 heteroatoms. The van der Waals surface area contributed by atoms with Crippen LogP contribution in [0.1, 0.15) is 67.3 Å². The second-order valence-corrected chi connectivity index (χ2v) is 12.9. The third-order valence-electron chi connectivity index (χ3n) is 9.90. The van der Waals surface area contributed by atoms with E-state index in [1.54, 1.807) is 0 Å². The van der Waals surface area contributed by atoms with Gasteiger partial charge in [-0.15, -0.1) is 0 Å². The van der Waals surface area contributed by atoms with Gasteiger partial charge in [0.1, 0.15) is 11.6 Å². The molecule has 2 amide bonds. The lowest BCUT2D eigenvalue weighted by atomic mass is 9.83. The predicted molar refractivity (Wildman–Crippen MR) is 159 cm³/mol. The molecular formula is C34H35F5N2O6. The summed E-state index contributed by atoms with van der Waals surface area (Å²) in [5.41, 5.74) is -0.714. The van der Waals surface area contributed by atoms with Crippen LogP contribution in [0.15, 0.2) is 42.0 Å². The summed E-state index contributed by atoms with van der Waals surface area (Å²) in [6, 6.07) is 3.79. The van der Waals surface area contributed by atoms with Crippen molar-refractivity contribution in [3.05, 3.63) is 64.7 Å². The lowest BCUT2D eigenvalue weighted by molar-refractivity contribution is -0.143. The van der Waals surface area contributed by atoms with Crippen molar-refractivity contribution in [3.8, 4) is 11.5 Å². The number of fused-ring (bicyclic) bond motifs is 2. The standard InChI is InChI=1S/C34H35F5N2O6/c1-46-27-15-26(36)28(47-19-7-4-17(5-8-19)33(44)45)14-23(27)31(42)41-30-21-10-9-20(22(21)12-16-2-3-16)29(30)32(43)40-18-6-11-25(35)24(13-18)34(37,38)39/h6,11-17,19-21,29-30H,2-5,7-10H2,1H3,(H,40,43)(H,41,42)(H,44,45)/b22-12-/t17?,19?,20-,21+,29-,30+/m0/s1. The second kappa shape index (κ2) is 12.8. The van der Waals surface area contributed by atoms with Crippen LogP contribution in [0.25, 0.3) is 0 Å². The highest BCUT2D eigenvalue weighted by molar-refractivity contribution is 5.99. The van der Waals surface area contributed by atoms with Crippen LogP contribution in [0.5, 0.6) is 11.5 Å². The number of amides is 2. The molecule has 0 aromatic heterocycles. The average molecular weight is 663 g/mol. The summed E-state index contributed by atoms with van der Waals surface area (Å²) >= 11 is 0. The van der Waals surface area contributed by atoms with E-state index in [1.165, 1.54) is 13.2 Å². The zero-order valence-corrected chi connectivity index (χ0v) is 25.5. The molecule has 4 aliphatic rings. The monoisotopic (exact) mass is 662 g/mol. The van der Waals surface area contributed by atoms with Gasteiger partial charge in [-0.2, -0.15) is 13.2 Å². The van der Waals surface area contributed by atoms with Crippen molar-refractivity contribution in [1.29, 1.82) is 0 Å². The Balaban J connectivity index is 1.25. The molecular weight excluding hydrogens is 627 g/mol. The highest BCUT2D eigenvalue weighted by atomic mass is 19.4. The molecule has 4 atom stereocenters. The molecule has 4 fully saturated rings. The van der Waals surface area contributed by atoms with Crippen molar-refractivity contribution in [2.45, 2.75) is 69.7 Å². The number of nitrogens with one attached hydrogen (secondary N) is 2. The van der Waals surface area contributed by atoms with Gasteiger partial charge < -0.3 is 25.2 Å². The molecule has 3 N–H and O–H groups in total. The summed E-state index contributed by atoms with van der Waals surface area (Å²) in [6.45, 7) is 0. The van der Waals surface area contributed by atoms with E-state index in [-0.39, 0.29) is 34.6 Å². The third kappa shape index (κ3) is 6.80. The molecule has 0 spiro atoms. The van der Waals surface area contributed by atoms with Crippen molar-refractivity contribution < 1.29 is 50.9 Å². The van der Waals surface area contributed by atoms with Crippen LogP contribution in [0.3, 0.4) is 0 Å². The van der Waals surface area contributed by atoms with Crippen LogP contribution in [0, 0.1) is 41.2 Å². The van der Waals surface area contributed by atoms with Crippen LogP contribution in [-0.4, -0.2) is 42.1 Å². The number of ether oxygens (including phenoxy) is 2. The number of carbonyl (C=O) groups excluding carboxylic acids is 2. The fraction of sp³-hybridized carbons (Fsp3) is 0.500. The number of alkyl halides is 3. The number of carboxylic acids is 1. The lowest BCUT2D eigenvalue weighted by Crippen LogP contribution is -2.48. The van der Waals surface area contributed by atoms with Crippen LogP contribution in [-0.2, 0) is 15.8 Å². The van der Waals surface area contributed by atoms with E-state index < -0.39 is 65.1 Å². The molecule has 0 radical (unpaired) electrons. The molecule has 0 saturated heterocycles. The maximum atomic E-state index is 15.1. The number of halogens is 5. The number of rotatable bonds is 9. The minimum absolute atomic E-state index is 0.0360. The number of aliphatic carboxylic acids is 1. The molecule has 2 bridgehead atoms. The Morgan fingerprint density at radius 1 is 0.894 bits per heavy atom. The number of allylic oxidation sites excluding steroid dienone is 1. The van der Waals surface area contributed by atoms with E-state index in [9.17, 15) is 37.1 Å². The highest BCUT2D eigenvalue weighted by Crippen LogP contribution is 2.54. The Morgan fingerprint density at radius 3 is 2.23 bits per heavy atom. The number of methoxy groups -OCH3 is 1. The second-order valence-electron chi connectivity index (χ2n) is 12.9. The first-order valence-corrected chi connectivity index (χ1v) is 15.8. The third-order valence-corrected chi connectivity index (χ3v) is 9.90. The van der Waals surface area contributed by atoms with Crippen LogP contribution in [0.4, 0.5) is 27.6 Å². The van der Waals surface area contributed by atoms with Crippen LogP contribution >= 0.6 is 0 Å². The van der Waals surface area contributed by atoms with E-state index in [4.69, 9.17) is 9.47 Å². The van der Waals surface area contributed by atoms with E-state index in [1.807, 2.05) is 0 Å². The van der Waals surface area contributed by atoms with Gasteiger partial charge in [-0.1, -0.05) is 11.6 Å². The summed E-state index contributed by atoms with van der Waals surface area (Å²) in [7, 11) is 1.28. The van der Waals surface area contributed by atoms with Gasteiger partial charge in [0.15, 0.2) is 11.6 Å². The summed E-state index contributed by atoms with van der Waals surface area (Å²) in [5.74, 6) is -5.98. The molecule has 252 valence electrons. The molecule has 6 rings (SSSR count). The van der Waals surface area contributed by atoms with E-state index in [2.05, 4.69) is 16.7 Å². The van der Waals surface area contributed by atoms with E-state index in [0.29, 0.717) is 56.6 Å². The summed E-state index contributed by atoms with van der Waals surface area (Å²) in [4.78, 5) is 38.9.